The maximum absolute atomic E-state index is 2.20. The predicted octanol–water partition coefficient (Wildman–Crippen LogP) is 2.91. The van der Waals surface area contributed by atoms with E-state index in [0.717, 1.165) is 16.5 Å². The molecule has 70 valence electrons. The molecule has 0 aliphatic rings. The minimum absolute atomic E-state index is 0.910. The van der Waals surface area contributed by atoms with Gasteiger partial charge >= 0.3 is 0 Å². The first-order valence-corrected chi connectivity index (χ1v) is 7.57. The third-order valence-electron chi connectivity index (χ3n) is 1.90. The molecule has 0 radical (unpaired) electrons. The zero-order chi connectivity index (χ0) is 9.64. The third kappa shape index (κ3) is 2.91. The quantitative estimate of drug-likeness (QED) is 0.695. The van der Waals surface area contributed by atoms with Crippen molar-refractivity contribution in [2.75, 3.05) is 0 Å². The van der Waals surface area contributed by atoms with Crippen molar-refractivity contribution in [1.29, 1.82) is 0 Å². The van der Waals surface area contributed by atoms with Gasteiger partial charge < -0.3 is 0 Å². The molecule has 14 heavy (non-hydrogen) atoms. The molecule has 0 heterocycles. The Balaban J connectivity index is 1.96. The lowest BCUT2D eigenvalue weighted by atomic mass is 10.4. The van der Waals surface area contributed by atoms with Gasteiger partial charge in [-0.25, -0.2) is 0 Å². The van der Waals surface area contributed by atoms with Gasteiger partial charge in [-0.2, -0.15) is 0 Å². The largest absolute Gasteiger partial charge is 0.0634 e. The van der Waals surface area contributed by atoms with E-state index in [1.807, 2.05) is 0 Å². The van der Waals surface area contributed by atoms with Crippen LogP contribution in [-0.2, 0) is 0 Å². The second-order valence-corrected chi connectivity index (χ2v) is 6.14. The normalized spacial score (nSPS) is 11.7. The summed E-state index contributed by atoms with van der Waals surface area (Å²) in [6, 6.07) is 21.4. The number of benzene rings is 2. The molecule has 0 aromatic heterocycles. The van der Waals surface area contributed by atoms with Crippen LogP contribution >= 0.6 is 16.5 Å². The van der Waals surface area contributed by atoms with Gasteiger partial charge in [0.2, 0.25) is 0 Å². The number of hydrogen-bond donors (Lipinski definition) is 0. The summed E-state index contributed by atoms with van der Waals surface area (Å²) in [6.07, 6.45) is 0. The highest BCUT2D eigenvalue weighted by atomic mass is 32.0. The second-order valence-electron chi connectivity index (χ2n) is 2.98. The average Bonchev–Trinajstić information content (AvgIpc) is 2.29. The predicted molar refractivity (Wildman–Crippen MR) is 68.8 cm³/mol. The van der Waals surface area contributed by atoms with Gasteiger partial charge in [-0.05, 0) is 10.6 Å². The second kappa shape index (κ2) is 5.25. The summed E-state index contributed by atoms with van der Waals surface area (Å²) in [7, 11) is 1.82. The van der Waals surface area contributed by atoms with E-state index in [1.54, 1.807) is 0 Å². The Morgan fingerprint density at radius 3 is 1.21 bits per heavy atom. The summed E-state index contributed by atoms with van der Waals surface area (Å²) in [4.78, 5) is 0. The molecule has 0 saturated carbocycles. The van der Waals surface area contributed by atoms with Crippen molar-refractivity contribution < 1.29 is 0 Å². The molecule has 2 unspecified atom stereocenters. The molecule has 0 saturated heterocycles. The first-order valence-electron chi connectivity index (χ1n) is 4.57. The standard InChI is InChI=1S/C12H12P2/c1-3-7-11(8-4-1)13-14-12-9-5-2-6-10-12/h1-10,13-14H. The Morgan fingerprint density at radius 2 is 0.857 bits per heavy atom. The highest BCUT2D eigenvalue weighted by molar-refractivity contribution is 8.18. The zero-order valence-electron chi connectivity index (χ0n) is 7.77. The van der Waals surface area contributed by atoms with Crippen molar-refractivity contribution >= 4 is 27.1 Å². The van der Waals surface area contributed by atoms with Crippen LogP contribution in [0.25, 0.3) is 0 Å². The highest BCUT2D eigenvalue weighted by Crippen LogP contribution is 2.34. The molecule has 0 bridgehead atoms. The van der Waals surface area contributed by atoms with Crippen LogP contribution in [0.15, 0.2) is 60.7 Å². The Bertz CT molecular complexity index is 331. The van der Waals surface area contributed by atoms with E-state index < -0.39 is 0 Å². The number of rotatable bonds is 3. The van der Waals surface area contributed by atoms with E-state index in [0.29, 0.717) is 0 Å². The van der Waals surface area contributed by atoms with Crippen LogP contribution in [0.2, 0.25) is 0 Å². The van der Waals surface area contributed by atoms with Crippen LogP contribution in [0.3, 0.4) is 0 Å². The van der Waals surface area contributed by atoms with Crippen molar-refractivity contribution in [3.63, 3.8) is 0 Å². The molecule has 0 aliphatic heterocycles. The van der Waals surface area contributed by atoms with Gasteiger partial charge in [-0.3, -0.25) is 0 Å². The van der Waals surface area contributed by atoms with Gasteiger partial charge in [0.15, 0.2) is 0 Å². The first kappa shape index (κ1) is 9.84. The molecular formula is C12H12P2. The lowest BCUT2D eigenvalue weighted by Crippen LogP contribution is -1.92. The average molecular weight is 218 g/mol. The van der Waals surface area contributed by atoms with Gasteiger partial charge in [0.25, 0.3) is 0 Å². The van der Waals surface area contributed by atoms with Crippen molar-refractivity contribution in [3.8, 4) is 0 Å². The molecule has 2 aromatic rings. The monoisotopic (exact) mass is 218 g/mol. The fraction of sp³-hybridized carbons (Fsp3) is 0. The molecule has 0 aliphatic carbocycles. The minimum Gasteiger partial charge on any atom is -0.0634 e. The summed E-state index contributed by atoms with van der Waals surface area (Å²) < 4.78 is 0. The lowest BCUT2D eigenvalue weighted by molar-refractivity contribution is 1.78. The molecule has 2 atom stereocenters. The maximum atomic E-state index is 2.20. The van der Waals surface area contributed by atoms with Gasteiger partial charge in [0.1, 0.15) is 0 Å². The molecule has 2 rings (SSSR count). The van der Waals surface area contributed by atoms with E-state index in [-0.39, 0.29) is 0 Å². The Morgan fingerprint density at radius 1 is 0.500 bits per heavy atom. The fourth-order valence-electron chi connectivity index (χ4n) is 1.19. The van der Waals surface area contributed by atoms with E-state index in [1.165, 1.54) is 10.6 Å². The zero-order valence-corrected chi connectivity index (χ0v) is 9.77. The van der Waals surface area contributed by atoms with E-state index in [4.69, 9.17) is 0 Å². The molecule has 0 nitrogen and oxygen atoms in total. The topological polar surface area (TPSA) is 0 Å². The molecule has 0 amide bonds. The van der Waals surface area contributed by atoms with Crippen LogP contribution < -0.4 is 10.6 Å². The van der Waals surface area contributed by atoms with Crippen molar-refractivity contribution in [1.82, 2.24) is 0 Å². The SMILES string of the molecule is c1ccc(PPc2ccccc2)cc1. The molecule has 2 heteroatoms. The summed E-state index contributed by atoms with van der Waals surface area (Å²) in [5.74, 6) is 0. The molecular weight excluding hydrogens is 206 g/mol. The smallest absolute Gasteiger partial charge is 0.0227 e. The van der Waals surface area contributed by atoms with Crippen molar-refractivity contribution in [2.24, 2.45) is 0 Å². The van der Waals surface area contributed by atoms with Crippen LogP contribution in [0.1, 0.15) is 0 Å². The maximum Gasteiger partial charge on any atom is -0.0227 e. The fourth-order valence-corrected chi connectivity index (χ4v) is 4.06. The Kier molecular flexibility index (Phi) is 3.69. The molecule has 0 spiro atoms. The van der Waals surface area contributed by atoms with Crippen molar-refractivity contribution in [3.05, 3.63) is 60.7 Å². The van der Waals surface area contributed by atoms with Crippen LogP contribution in [0.5, 0.6) is 0 Å². The van der Waals surface area contributed by atoms with E-state index in [9.17, 15) is 0 Å². The van der Waals surface area contributed by atoms with Gasteiger partial charge in [-0.15, -0.1) is 0 Å². The Labute approximate surface area is 88.2 Å². The first-order chi connectivity index (χ1) is 6.95. The molecule has 0 N–H and O–H groups in total. The van der Waals surface area contributed by atoms with Crippen LogP contribution in [0.4, 0.5) is 0 Å². The van der Waals surface area contributed by atoms with Gasteiger partial charge in [-0.1, -0.05) is 77.2 Å². The Hall–Kier alpha value is -0.700. The van der Waals surface area contributed by atoms with Gasteiger partial charge in [0.05, 0.1) is 0 Å². The van der Waals surface area contributed by atoms with Gasteiger partial charge in [0, 0.05) is 0 Å². The summed E-state index contributed by atoms with van der Waals surface area (Å²) >= 11 is 0. The highest BCUT2D eigenvalue weighted by Gasteiger charge is 1.92. The molecule has 2 aromatic carbocycles. The summed E-state index contributed by atoms with van der Waals surface area (Å²) in [6.45, 7) is 0. The van der Waals surface area contributed by atoms with Crippen LogP contribution in [0, 0.1) is 0 Å². The van der Waals surface area contributed by atoms with Crippen LogP contribution in [-0.4, -0.2) is 0 Å². The molecule has 0 fully saturated rings. The van der Waals surface area contributed by atoms with Crippen molar-refractivity contribution in [2.45, 2.75) is 0 Å². The lowest BCUT2D eigenvalue weighted by Gasteiger charge is -2.01. The number of hydrogen-bond acceptors (Lipinski definition) is 0. The van der Waals surface area contributed by atoms with E-state index in [2.05, 4.69) is 60.7 Å². The van der Waals surface area contributed by atoms with E-state index >= 15 is 0 Å². The summed E-state index contributed by atoms with van der Waals surface area (Å²) in [5, 5.41) is 2.91. The minimum atomic E-state index is 0.910. The third-order valence-corrected chi connectivity index (χ3v) is 5.37. The summed E-state index contributed by atoms with van der Waals surface area (Å²) in [5.41, 5.74) is 0.